The van der Waals surface area contributed by atoms with E-state index in [0.717, 1.165) is 25.7 Å². The number of nitrogens with one attached hydrogen (secondary N) is 1. The van der Waals surface area contributed by atoms with Crippen LogP contribution >= 0.6 is 0 Å². The third-order valence-corrected chi connectivity index (χ3v) is 4.69. The molecule has 1 aromatic heterocycles. The van der Waals surface area contributed by atoms with Crippen LogP contribution in [0.15, 0.2) is 47.1 Å². The van der Waals surface area contributed by atoms with E-state index in [4.69, 9.17) is 9.15 Å². The number of hydrogen-bond donors (Lipinski definition) is 1. The Kier molecular flexibility index (Phi) is 6.47. The van der Waals surface area contributed by atoms with E-state index in [1.165, 1.54) is 12.3 Å². The first-order valence-electron chi connectivity index (χ1n) is 9.50. The van der Waals surface area contributed by atoms with E-state index < -0.39 is 18.0 Å². The van der Waals surface area contributed by atoms with Gasteiger partial charge in [0.1, 0.15) is 0 Å². The first-order valence-corrected chi connectivity index (χ1v) is 9.50. The van der Waals surface area contributed by atoms with Gasteiger partial charge in [0.15, 0.2) is 11.9 Å². The lowest BCUT2D eigenvalue weighted by atomic mass is 10.1. The van der Waals surface area contributed by atoms with Crippen molar-refractivity contribution in [2.24, 2.45) is 0 Å². The minimum Gasteiger partial charge on any atom is -0.459 e. The molecule has 7 heteroatoms. The Morgan fingerprint density at radius 3 is 2.43 bits per heavy atom. The molecular formula is C21H24N2O5. The minimum absolute atomic E-state index is 0.132. The summed E-state index contributed by atoms with van der Waals surface area (Å²) in [5.41, 5.74) is 0.473. The molecule has 0 saturated carbocycles. The highest BCUT2D eigenvalue weighted by Gasteiger charge is 2.26. The number of furan rings is 1. The van der Waals surface area contributed by atoms with Gasteiger partial charge in [-0.1, -0.05) is 25.0 Å². The molecule has 0 bridgehead atoms. The van der Waals surface area contributed by atoms with Crippen molar-refractivity contribution in [2.45, 2.75) is 38.7 Å². The maximum Gasteiger partial charge on any atom is 0.341 e. The highest BCUT2D eigenvalue weighted by Crippen LogP contribution is 2.19. The van der Waals surface area contributed by atoms with Crippen LogP contribution in [0, 0.1) is 0 Å². The average Bonchev–Trinajstić information content (AvgIpc) is 3.10. The van der Waals surface area contributed by atoms with Crippen molar-refractivity contribution in [3.63, 3.8) is 0 Å². The van der Waals surface area contributed by atoms with Crippen LogP contribution in [0.2, 0.25) is 0 Å². The molecule has 0 aliphatic carbocycles. The Labute approximate surface area is 163 Å². The molecule has 7 nitrogen and oxygen atoms in total. The summed E-state index contributed by atoms with van der Waals surface area (Å²) in [6, 6.07) is 9.63. The van der Waals surface area contributed by atoms with Crippen LogP contribution in [-0.2, 0) is 9.53 Å². The molecular weight excluding hydrogens is 360 g/mol. The molecule has 1 N–H and O–H groups in total. The number of para-hydroxylation sites is 1. The molecule has 1 fully saturated rings. The Morgan fingerprint density at radius 1 is 1.04 bits per heavy atom. The predicted octanol–water partition coefficient (Wildman–Crippen LogP) is 3.48. The number of carbonyl (C=O) groups is 3. The van der Waals surface area contributed by atoms with Crippen LogP contribution in [-0.4, -0.2) is 41.9 Å². The highest BCUT2D eigenvalue weighted by molar-refractivity contribution is 6.06. The third kappa shape index (κ3) is 4.79. The minimum atomic E-state index is -0.889. The maximum absolute atomic E-state index is 12.6. The molecule has 2 heterocycles. The lowest BCUT2D eigenvalue weighted by Crippen LogP contribution is -2.40. The first-order chi connectivity index (χ1) is 13.6. The fraction of sp³-hybridized carbons (Fsp3) is 0.381. The van der Waals surface area contributed by atoms with Crippen molar-refractivity contribution in [1.29, 1.82) is 0 Å². The van der Waals surface area contributed by atoms with Gasteiger partial charge in [-0.3, -0.25) is 9.59 Å². The average molecular weight is 384 g/mol. The molecule has 148 valence electrons. The monoisotopic (exact) mass is 384 g/mol. The van der Waals surface area contributed by atoms with Gasteiger partial charge in [0, 0.05) is 13.1 Å². The number of amides is 2. The summed E-state index contributed by atoms with van der Waals surface area (Å²) in [5.74, 6) is -1.19. The zero-order chi connectivity index (χ0) is 19.9. The highest BCUT2D eigenvalue weighted by atomic mass is 16.5. The van der Waals surface area contributed by atoms with Crippen molar-refractivity contribution < 1.29 is 23.5 Å². The van der Waals surface area contributed by atoms with E-state index in [2.05, 4.69) is 5.32 Å². The maximum atomic E-state index is 12.6. The molecule has 1 atom stereocenters. The molecule has 2 aromatic rings. The lowest BCUT2D eigenvalue weighted by molar-refractivity contribution is -0.139. The van der Waals surface area contributed by atoms with Crippen LogP contribution in [0.25, 0.3) is 0 Å². The van der Waals surface area contributed by atoms with Crippen LogP contribution in [0.5, 0.6) is 0 Å². The summed E-state index contributed by atoms with van der Waals surface area (Å²) in [6.45, 7) is 2.96. The SMILES string of the molecule is C[C@H](OC(=O)c1ccccc1NC(=O)c1ccco1)C(=O)N1CCCCCC1. The standard InChI is InChI=1S/C21H24N2O5/c1-15(20(25)23-12-6-2-3-7-13-23)28-21(26)16-9-4-5-10-17(16)22-19(24)18-11-8-14-27-18/h4-5,8-11,14-15H,2-3,6-7,12-13H2,1H3,(H,22,24)/t15-/m0/s1. The van der Waals surface area contributed by atoms with Crippen LogP contribution in [0.4, 0.5) is 5.69 Å². The van der Waals surface area contributed by atoms with Gasteiger partial charge in [-0.2, -0.15) is 0 Å². The van der Waals surface area contributed by atoms with E-state index in [1.807, 2.05) is 0 Å². The second kappa shape index (κ2) is 9.21. The van der Waals surface area contributed by atoms with Gasteiger partial charge in [-0.25, -0.2) is 4.79 Å². The molecule has 1 aromatic carbocycles. The van der Waals surface area contributed by atoms with E-state index in [-0.39, 0.29) is 17.2 Å². The van der Waals surface area contributed by atoms with Crippen LogP contribution in [0.1, 0.15) is 53.5 Å². The Morgan fingerprint density at radius 2 is 1.75 bits per heavy atom. The molecule has 0 radical (unpaired) electrons. The summed E-state index contributed by atoms with van der Waals surface area (Å²) in [6.07, 6.45) is 4.66. The zero-order valence-electron chi connectivity index (χ0n) is 15.8. The number of rotatable bonds is 5. The second-order valence-electron chi connectivity index (χ2n) is 6.76. The van der Waals surface area contributed by atoms with E-state index >= 15 is 0 Å². The van der Waals surface area contributed by atoms with Gasteiger partial charge in [-0.15, -0.1) is 0 Å². The Hall–Kier alpha value is -3.09. The topological polar surface area (TPSA) is 88.8 Å². The van der Waals surface area contributed by atoms with Gasteiger partial charge < -0.3 is 19.4 Å². The molecule has 3 rings (SSSR count). The number of nitrogens with zero attached hydrogens (tertiary/aromatic N) is 1. The quantitative estimate of drug-likeness (QED) is 0.797. The summed E-state index contributed by atoms with van der Waals surface area (Å²) >= 11 is 0. The van der Waals surface area contributed by atoms with Crippen molar-refractivity contribution >= 4 is 23.5 Å². The largest absolute Gasteiger partial charge is 0.459 e. The summed E-state index contributed by atoms with van der Waals surface area (Å²) < 4.78 is 10.5. The van der Waals surface area contributed by atoms with Gasteiger partial charge >= 0.3 is 5.97 Å². The lowest BCUT2D eigenvalue weighted by Gasteiger charge is -2.24. The normalized spacial score (nSPS) is 15.4. The summed E-state index contributed by atoms with van der Waals surface area (Å²) in [4.78, 5) is 39.2. The third-order valence-electron chi connectivity index (χ3n) is 4.69. The molecule has 0 spiro atoms. The first kappa shape index (κ1) is 19.7. The second-order valence-corrected chi connectivity index (χ2v) is 6.76. The summed E-state index contributed by atoms with van der Waals surface area (Å²) in [5, 5.41) is 2.64. The predicted molar refractivity (Wildman–Crippen MR) is 103 cm³/mol. The number of benzene rings is 1. The van der Waals surface area contributed by atoms with Gasteiger partial charge in [0.25, 0.3) is 11.8 Å². The molecule has 1 aliphatic heterocycles. The smallest absolute Gasteiger partial charge is 0.341 e. The van der Waals surface area contributed by atoms with Crippen LogP contribution in [0.3, 0.4) is 0 Å². The number of carbonyl (C=O) groups excluding carboxylic acids is 3. The van der Waals surface area contributed by atoms with E-state index in [1.54, 1.807) is 42.2 Å². The van der Waals surface area contributed by atoms with Gasteiger partial charge in [0.2, 0.25) is 0 Å². The number of hydrogen-bond acceptors (Lipinski definition) is 5. The van der Waals surface area contributed by atoms with E-state index in [9.17, 15) is 14.4 Å². The Balaban J connectivity index is 1.66. The number of likely N-dealkylation sites (tertiary alicyclic amines) is 1. The molecule has 28 heavy (non-hydrogen) atoms. The fourth-order valence-electron chi connectivity index (χ4n) is 3.18. The van der Waals surface area contributed by atoms with Crippen LogP contribution < -0.4 is 5.32 Å². The molecule has 1 saturated heterocycles. The number of anilines is 1. The van der Waals surface area contributed by atoms with Gasteiger partial charge in [-0.05, 0) is 44.0 Å². The molecule has 2 amide bonds. The molecule has 0 unspecified atom stereocenters. The summed E-state index contributed by atoms with van der Waals surface area (Å²) in [7, 11) is 0. The number of esters is 1. The number of ether oxygens (including phenoxy) is 1. The van der Waals surface area contributed by atoms with Crippen molar-refractivity contribution in [3.05, 3.63) is 54.0 Å². The zero-order valence-corrected chi connectivity index (χ0v) is 15.8. The Bertz CT molecular complexity index is 823. The molecule has 1 aliphatic rings. The van der Waals surface area contributed by atoms with E-state index in [0.29, 0.717) is 18.8 Å². The van der Waals surface area contributed by atoms with Crippen molar-refractivity contribution in [1.82, 2.24) is 4.90 Å². The fourth-order valence-corrected chi connectivity index (χ4v) is 3.18. The van der Waals surface area contributed by atoms with Crippen molar-refractivity contribution in [3.8, 4) is 0 Å². The van der Waals surface area contributed by atoms with Gasteiger partial charge in [0.05, 0.1) is 17.5 Å². The van der Waals surface area contributed by atoms with Crippen molar-refractivity contribution in [2.75, 3.05) is 18.4 Å².